The molecule has 1 unspecified atom stereocenters. The summed E-state index contributed by atoms with van der Waals surface area (Å²) in [7, 11) is 0. The van der Waals surface area contributed by atoms with Crippen LogP contribution in [0.15, 0.2) is 12.1 Å². The SMILES string of the molecule is Cc1cc(C(C)N)c2c(c1)C(C)(C)C(=O)N2. The van der Waals surface area contributed by atoms with Gasteiger partial charge in [-0.15, -0.1) is 0 Å². The van der Waals surface area contributed by atoms with Crippen LogP contribution in [0.3, 0.4) is 0 Å². The smallest absolute Gasteiger partial charge is 0.234 e. The third kappa shape index (κ3) is 1.43. The summed E-state index contributed by atoms with van der Waals surface area (Å²) in [5.74, 6) is 0.0509. The number of carbonyl (C=O) groups is 1. The van der Waals surface area contributed by atoms with E-state index in [0.29, 0.717) is 0 Å². The van der Waals surface area contributed by atoms with Gasteiger partial charge >= 0.3 is 0 Å². The molecule has 0 saturated carbocycles. The number of amides is 1. The van der Waals surface area contributed by atoms with E-state index in [2.05, 4.69) is 11.4 Å². The van der Waals surface area contributed by atoms with Crippen LogP contribution in [0.4, 0.5) is 5.69 Å². The molecule has 1 atom stereocenters. The maximum atomic E-state index is 11.9. The van der Waals surface area contributed by atoms with Crippen molar-refractivity contribution >= 4 is 11.6 Å². The molecule has 86 valence electrons. The number of rotatable bonds is 1. The Balaban J connectivity index is 2.70. The van der Waals surface area contributed by atoms with Gasteiger partial charge in [-0.25, -0.2) is 0 Å². The normalized spacial score (nSPS) is 19.2. The Kier molecular flexibility index (Phi) is 2.31. The molecule has 3 N–H and O–H groups in total. The van der Waals surface area contributed by atoms with Crippen LogP contribution in [-0.4, -0.2) is 5.91 Å². The van der Waals surface area contributed by atoms with Crippen molar-refractivity contribution in [1.29, 1.82) is 0 Å². The van der Waals surface area contributed by atoms with E-state index in [1.54, 1.807) is 0 Å². The number of hydrogen-bond donors (Lipinski definition) is 2. The van der Waals surface area contributed by atoms with Gasteiger partial charge in [0.15, 0.2) is 0 Å². The zero-order chi connectivity index (χ0) is 12.1. The van der Waals surface area contributed by atoms with Crippen molar-refractivity contribution < 1.29 is 4.79 Å². The number of carbonyl (C=O) groups excluding carboxylic acids is 1. The van der Waals surface area contributed by atoms with Crippen LogP contribution in [0.1, 0.15) is 43.5 Å². The third-order valence-electron chi connectivity index (χ3n) is 3.28. The van der Waals surface area contributed by atoms with Crippen LogP contribution in [0, 0.1) is 6.92 Å². The van der Waals surface area contributed by atoms with Gasteiger partial charge in [-0.3, -0.25) is 4.79 Å². The summed E-state index contributed by atoms with van der Waals surface area (Å²) in [6.07, 6.45) is 0. The highest BCUT2D eigenvalue weighted by atomic mass is 16.2. The molecule has 16 heavy (non-hydrogen) atoms. The van der Waals surface area contributed by atoms with E-state index in [1.165, 1.54) is 0 Å². The zero-order valence-electron chi connectivity index (χ0n) is 10.2. The van der Waals surface area contributed by atoms with Gasteiger partial charge < -0.3 is 11.1 Å². The van der Waals surface area contributed by atoms with E-state index in [9.17, 15) is 4.79 Å². The minimum atomic E-state index is -0.453. The topological polar surface area (TPSA) is 55.1 Å². The van der Waals surface area contributed by atoms with Crippen molar-refractivity contribution in [3.63, 3.8) is 0 Å². The monoisotopic (exact) mass is 218 g/mol. The molecule has 0 spiro atoms. The molecule has 0 radical (unpaired) electrons. The number of anilines is 1. The second-order valence-corrected chi connectivity index (χ2v) is 5.14. The number of nitrogens with one attached hydrogen (secondary N) is 1. The number of nitrogens with two attached hydrogens (primary N) is 1. The fraction of sp³-hybridized carbons (Fsp3) is 0.462. The molecule has 0 bridgehead atoms. The summed E-state index contributed by atoms with van der Waals surface area (Å²) in [6.45, 7) is 7.86. The molecule has 1 aromatic rings. The van der Waals surface area contributed by atoms with Gasteiger partial charge in [0.2, 0.25) is 5.91 Å². The van der Waals surface area contributed by atoms with Gasteiger partial charge in [0.1, 0.15) is 0 Å². The average Bonchev–Trinajstić information content (AvgIpc) is 2.39. The molecular weight excluding hydrogens is 200 g/mol. The van der Waals surface area contributed by atoms with Gasteiger partial charge in [0.05, 0.1) is 5.41 Å². The Hall–Kier alpha value is -1.35. The van der Waals surface area contributed by atoms with Crippen LogP contribution >= 0.6 is 0 Å². The van der Waals surface area contributed by atoms with E-state index in [0.717, 1.165) is 22.4 Å². The molecule has 1 aromatic carbocycles. The number of hydrogen-bond acceptors (Lipinski definition) is 2. The quantitative estimate of drug-likeness (QED) is 0.759. The lowest BCUT2D eigenvalue weighted by Gasteiger charge is -2.17. The highest BCUT2D eigenvalue weighted by Crippen LogP contribution is 2.41. The van der Waals surface area contributed by atoms with E-state index in [-0.39, 0.29) is 11.9 Å². The Bertz CT molecular complexity index is 461. The van der Waals surface area contributed by atoms with Gasteiger partial charge in [0, 0.05) is 11.7 Å². The van der Waals surface area contributed by atoms with E-state index in [4.69, 9.17) is 5.73 Å². The van der Waals surface area contributed by atoms with Gasteiger partial charge in [-0.05, 0) is 38.8 Å². The van der Waals surface area contributed by atoms with Crippen molar-refractivity contribution in [3.8, 4) is 0 Å². The zero-order valence-corrected chi connectivity index (χ0v) is 10.2. The summed E-state index contributed by atoms with van der Waals surface area (Å²) in [5, 5.41) is 2.95. The van der Waals surface area contributed by atoms with E-state index < -0.39 is 5.41 Å². The number of aryl methyl sites for hydroxylation is 1. The fourth-order valence-electron chi connectivity index (χ4n) is 2.20. The van der Waals surface area contributed by atoms with Crippen molar-refractivity contribution in [2.24, 2.45) is 5.73 Å². The predicted octanol–water partition coefficient (Wildman–Crippen LogP) is 2.24. The lowest BCUT2D eigenvalue weighted by molar-refractivity contribution is -0.119. The second-order valence-electron chi connectivity index (χ2n) is 5.14. The van der Waals surface area contributed by atoms with Crippen molar-refractivity contribution in [2.75, 3.05) is 5.32 Å². The Morgan fingerprint density at radius 3 is 2.56 bits per heavy atom. The average molecular weight is 218 g/mol. The number of benzene rings is 1. The molecule has 1 amide bonds. The molecule has 3 nitrogen and oxygen atoms in total. The molecule has 3 heteroatoms. The maximum Gasteiger partial charge on any atom is 0.234 e. The van der Waals surface area contributed by atoms with Crippen LogP contribution in [0.25, 0.3) is 0 Å². The van der Waals surface area contributed by atoms with Crippen molar-refractivity contribution in [3.05, 3.63) is 28.8 Å². The van der Waals surface area contributed by atoms with Gasteiger partial charge in [-0.1, -0.05) is 17.7 Å². The lowest BCUT2D eigenvalue weighted by Crippen LogP contribution is -2.26. The minimum absolute atomic E-state index is 0.0509. The summed E-state index contributed by atoms with van der Waals surface area (Å²) < 4.78 is 0. The van der Waals surface area contributed by atoms with E-state index >= 15 is 0 Å². The van der Waals surface area contributed by atoms with Gasteiger partial charge in [0.25, 0.3) is 0 Å². The molecular formula is C13H18N2O. The molecule has 1 heterocycles. The Morgan fingerprint density at radius 2 is 2.00 bits per heavy atom. The molecule has 0 fully saturated rings. The third-order valence-corrected chi connectivity index (χ3v) is 3.28. The van der Waals surface area contributed by atoms with Crippen LogP contribution in [0.5, 0.6) is 0 Å². The first-order valence-electron chi connectivity index (χ1n) is 5.56. The first-order chi connectivity index (χ1) is 7.34. The molecule has 0 saturated heterocycles. The summed E-state index contributed by atoms with van der Waals surface area (Å²) in [4.78, 5) is 11.9. The first-order valence-corrected chi connectivity index (χ1v) is 5.56. The second kappa shape index (κ2) is 3.32. The van der Waals surface area contributed by atoms with Crippen LogP contribution < -0.4 is 11.1 Å². The Labute approximate surface area is 96.0 Å². The minimum Gasteiger partial charge on any atom is -0.325 e. The Morgan fingerprint density at radius 1 is 1.38 bits per heavy atom. The summed E-state index contributed by atoms with van der Waals surface area (Å²) >= 11 is 0. The van der Waals surface area contributed by atoms with E-state index in [1.807, 2.05) is 33.8 Å². The van der Waals surface area contributed by atoms with Crippen LogP contribution in [0.2, 0.25) is 0 Å². The fourth-order valence-corrected chi connectivity index (χ4v) is 2.20. The van der Waals surface area contributed by atoms with Crippen LogP contribution in [-0.2, 0) is 10.2 Å². The standard InChI is InChI=1S/C13H18N2O/c1-7-5-9(8(2)14)11-10(6-7)13(3,4)12(16)15-11/h5-6,8H,14H2,1-4H3,(H,15,16). The molecule has 1 aliphatic rings. The molecule has 0 aliphatic carbocycles. The lowest BCUT2D eigenvalue weighted by atomic mass is 9.84. The maximum absolute atomic E-state index is 11.9. The number of fused-ring (bicyclic) bond motifs is 1. The highest BCUT2D eigenvalue weighted by Gasteiger charge is 2.39. The van der Waals surface area contributed by atoms with Gasteiger partial charge in [-0.2, -0.15) is 0 Å². The van der Waals surface area contributed by atoms with Crippen molar-refractivity contribution in [1.82, 2.24) is 0 Å². The molecule has 0 aromatic heterocycles. The summed E-state index contributed by atoms with van der Waals surface area (Å²) in [6, 6.07) is 4.05. The largest absolute Gasteiger partial charge is 0.325 e. The first kappa shape index (κ1) is 11.1. The molecule has 1 aliphatic heterocycles. The molecule has 2 rings (SSSR count). The van der Waals surface area contributed by atoms with Crippen molar-refractivity contribution in [2.45, 2.75) is 39.2 Å². The predicted molar refractivity (Wildman–Crippen MR) is 65.4 cm³/mol. The summed E-state index contributed by atoms with van der Waals surface area (Å²) in [5.41, 5.74) is 9.63. The highest BCUT2D eigenvalue weighted by molar-refractivity contribution is 6.06.